The highest BCUT2D eigenvalue weighted by atomic mass is 32.2. The van der Waals surface area contributed by atoms with Crippen molar-refractivity contribution in [1.29, 1.82) is 0 Å². The zero-order valence-corrected chi connectivity index (χ0v) is 22.3. The first kappa shape index (κ1) is 27.5. The van der Waals surface area contributed by atoms with E-state index in [1.54, 1.807) is 30.0 Å². The van der Waals surface area contributed by atoms with E-state index in [2.05, 4.69) is 18.8 Å². The molecule has 7 nitrogen and oxygen atoms in total. The Hall–Kier alpha value is -2.08. The number of sulfonamides is 1. The van der Waals surface area contributed by atoms with E-state index in [1.165, 1.54) is 10.7 Å². The number of aliphatic hydroxyl groups is 1. The van der Waals surface area contributed by atoms with Gasteiger partial charge in [-0.2, -0.15) is 4.31 Å². The second-order valence-electron chi connectivity index (χ2n) is 10.0. The molecule has 1 aliphatic heterocycles. The highest BCUT2D eigenvalue weighted by Gasteiger charge is 2.38. The number of carbonyl (C=O) groups excluding carboxylic acids is 1. The fourth-order valence-electron chi connectivity index (χ4n) is 4.83. The molecule has 1 heterocycles. The average Bonchev–Trinajstić information content (AvgIpc) is 2.85. The van der Waals surface area contributed by atoms with Crippen molar-refractivity contribution in [3.05, 3.63) is 23.8 Å². The second kappa shape index (κ2) is 12.2. The number of unbranched alkanes of at least 4 members (excludes halogenated alkanes) is 1. The fourth-order valence-corrected chi connectivity index (χ4v) is 6.66. The molecule has 0 radical (unpaired) electrons. The van der Waals surface area contributed by atoms with E-state index in [9.17, 15) is 18.3 Å². The van der Waals surface area contributed by atoms with Crippen molar-refractivity contribution < 1.29 is 23.1 Å². The first-order valence-corrected chi connectivity index (χ1v) is 14.3. The van der Waals surface area contributed by atoms with Crippen LogP contribution in [-0.4, -0.2) is 67.5 Å². The molecule has 3 rings (SSSR count). The van der Waals surface area contributed by atoms with Crippen LogP contribution in [0, 0.1) is 23.7 Å². The summed E-state index contributed by atoms with van der Waals surface area (Å²) in [5.41, 5.74) is 0.688. The van der Waals surface area contributed by atoms with Gasteiger partial charge in [-0.05, 0) is 44.4 Å². The Morgan fingerprint density at radius 3 is 2.66 bits per heavy atom. The van der Waals surface area contributed by atoms with Crippen molar-refractivity contribution in [2.24, 2.45) is 11.8 Å². The van der Waals surface area contributed by atoms with E-state index < -0.39 is 22.2 Å². The van der Waals surface area contributed by atoms with Gasteiger partial charge in [-0.15, -0.1) is 0 Å². The van der Waals surface area contributed by atoms with E-state index in [0.717, 1.165) is 38.5 Å². The SMILES string of the molecule is CCCC#Cc1ccc2c(c1)O[C@H](CN(C)C(=O)C1CCCCC1)[C@H](C)CN([C@H](C)CO)S2(=O)=O. The summed E-state index contributed by atoms with van der Waals surface area (Å²) in [7, 11) is -2.08. The van der Waals surface area contributed by atoms with Crippen LogP contribution in [0.1, 0.15) is 71.3 Å². The summed E-state index contributed by atoms with van der Waals surface area (Å²) >= 11 is 0. The summed E-state index contributed by atoms with van der Waals surface area (Å²) in [6.45, 7) is 5.96. The molecule has 0 aromatic heterocycles. The lowest BCUT2D eigenvalue weighted by Crippen LogP contribution is -2.50. The van der Waals surface area contributed by atoms with Crippen LogP contribution in [0.2, 0.25) is 0 Å². The molecule has 2 aliphatic rings. The molecule has 8 heteroatoms. The standard InChI is InChI=1S/C27H40N2O5S/c1-5-6-8-11-22-14-15-26-24(16-22)34-25(18-28(4)27(31)23-12-9-7-10-13-23)20(2)17-29(21(3)19-30)35(26,32)33/h14-16,20-21,23,25,30H,5-7,9-10,12-13,17-19H2,1-4H3/t20-,21-,25-/m1/s1. The van der Waals surface area contributed by atoms with E-state index in [4.69, 9.17) is 4.74 Å². The molecule has 0 bridgehead atoms. The Morgan fingerprint density at radius 1 is 1.29 bits per heavy atom. The first-order valence-electron chi connectivity index (χ1n) is 12.9. The van der Waals surface area contributed by atoms with E-state index >= 15 is 0 Å². The third-order valence-corrected chi connectivity index (χ3v) is 9.08. The number of likely N-dealkylation sites (N-methyl/N-ethyl adjacent to an activating group) is 1. The van der Waals surface area contributed by atoms with Gasteiger partial charge in [0.05, 0.1) is 13.2 Å². The van der Waals surface area contributed by atoms with Crippen LogP contribution < -0.4 is 4.74 Å². The number of hydrogen-bond acceptors (Lipinski definition) is 5. The molecule has 0 saturated heterocycles. The van der Waals surface area contributed by atoms with Crippen LogP contribution in [0.4, 0.5) is 0 Å². The van der Waals surface area contributed by atoms with Crippen molar-refractivity contribution in [2.75, 3.05) is 26.7 Å². The van der Waals surface area contributed by atoms with E-state index in [1.807, 2.05) is 14.0 Å². The van der Waals surface area contributed by atoms with Crippen LogP contribution in [0.5, 0.6) is 5.75 Å². The topological polar surface area (TPSA) is 87.2 Å². The number of amides is 1. The Morgan fingerprint density at radius 2 is 2.00 bits per heavy atom. The van der Waals surface area contributed by atoms with Crippen LogP contribution in [-0.2, 0) is 14.8 Å². The number of rotatable bonds is 6. The third-order valence-electron chi connectivity index (χ3n) is 7.06. The van der Waals surface area contributed by atoms with E-state index in [-0.39, 0.29) is 41.5 Å². The Labute approximate surface area is 210 Å². The van der Waals surface area contributed by atoms with Crippen LogP contribution in [0.15, 0.2) is 23.1 Å². The maximum atomic E-state index is 13.6. The normalized spacial score (nSPS) is 23.6. The Balaban J connectivity index is 1.96. The van der Waals surface area contributed by atoms with Gasteiger partial charge in [0.1, 0.15) is 16.7 Å². The summed E-state index contributed by atoms with van der Waals surface area (Å²) in [4.78, 5) is 14.9. The van der Waals surface area contributed by atoms with Gasteiger partial charge in [0.25, 0.3) is 0 Å². The van der Waals surface area contributed by atoms with E-state index in [0.29, 0.717) is 12.1 Å². The van der Waals surface area contributed by atoms with Crippen molar-refractivity contribution in [3.8, 4) is 17.6 Å². The molecule has 1 fully saturated rings. The number of fused-ring (bicyclic) bond motifs is 1. The number of benzene rings is 1. The van der Waals surface area contributed by atoms with Crippen LogP contribution in [0.25, 0.3) is 0 Å². The second-order valence-corrected chi connectivity index (χ2v) is 11.9. The van der Waals surface area contributed by atoms with Crippen molar-refractivity contribution in [2.45, 2.75) is 82.8 Å². The first-order chi connectivity index (χ1) is 16.7. The molecule has 1 amide bonds. The Kier molecular flexibility index (Phi) is 9.62. The summed E-state index contributed by atoms with van der Waals surface area (Å²) in [6.07, 6.45) is 6.49. The molecular weight excluding hydrogens is 464 g/mol. The van der Waals surface area contributed by atoms with Crippen LogP contribution >= 0.6 is 0 Å². The minimum Gasteiger partial charge on any atom is -0.487 e. The van der Waals surface area contributed by atoms with Gasteiger partial charge in [-0.25, -0.2) is 8.42 Å². The number of aliphatic hydroxyl groups excluding tert-OH is 1. The van der Waals surface area contributed by atoms with Gasteiger partial charge < -0.3 is 14.7 Å². The number of ether oxygens (including phenoxy) is 1. The largest absolute Gasteiger partial charge is 0.487 e. The Bertz CT molecular complexity index is 1040. The van der Waals surface area contributed by atoms with Gasteiger partial charge in [0.2, 0.25) is 15.9 Å². The number of carbonyl (C=O) groups is 1. The van der Waals surface area contributed by atoms with Gasteiger partial charge in [-0.1, -0.05) is 45.0 Å². The predicted molar refractivity (Wildman–Crippen MR) is 136 cm³/mol. The van der Waals surface area contributed by atoms with Crippen molar-refractivity contribution in [3.63, 3.8) is 0 Å². The maximum Gasteiger partial charge on any atom is 0.247 e. The van der Waals surface area contributed by atoms with Crippen LogP contribution in [0.3, 0.4) is 0 Å². The van der Waals surface area contributed by atoms with Gasteiger partial charge >= 0.3 is 0 Å². The summed E-state index contributed by atoms with van der Waals surface area (Å²) in [6, 6.07) is 4.34. The highest BCUT2D eigenvalue weighted by molar-refractivity contribution is 7.89. The number of nitrogens with zero attached hydrogens (tertiary/aromatic N) is 2. The quantitative estimate of drug-likeness (QED) is 0.598. The fraction of sp³-hybridized carbons (Fsp3) is 0.667. The lowest BCUT2D eigenvalue weighted by atomic mass is 9.88. The summed E-state index contributed by atoms with van der Waals surface area (Å²) in [5.74, 6) is 6.41. The molecule has 1 aliphatic carbocycles. The van der Waals surface area contributed by atoms with Gasteiger partial charge in [0, 0.05) is 43.5 Å². The molecule has 3 atom stereocenters. The molecule has 194 valence electrons. The van der Waals surface area contributed by atoms with Crippen molar-refractivity contribution in [1.82, 2.24) is 9.21 Å². The molecule has 1 aromatic rings. The molecular formula is C27H40N2O5S. The lowest BCUT2D eigenvalue weighted by molar-refractivity contribution is -0.136. The molecule has 35 heavy (non-hydrogen) atoms. The molecule has 0 spiro atoms. The third kappa shape index (κ3) is 6.58. The molecule has 1 saturated carbocycles. The molecule has 1 aromatic carbocycles. The average molecular weight is 505 g/mol. The minimum absolute atomic E-state index is 0.0524. The highest BCUT2D eigenvalue weighted by Crippen LogP contribution is 2.34. The van der Waals surface area contributed by atoms with Gasteiger partial charge in [0.15, 0.2) is 0 Å². The number of hydrogen-bond donors (Lipinski definition) is 1. The summed E-state index contributed by atoms with van der Waals surface area (Å²) in [5, 5.41) is 9.80. The summed E-state index contributed by atoms with van der Waals surface area (Å²) < 4.78 is 34.9. The molecule has 0 unspecified atom stereocenters. The zero-order chi connectivity index (χ0) is 25.6. The molecule has 1 N–H and O–H groups in total. The zero-order valence-electron chi connectivity index (χ0n) is 21.5. The predicted octanol–water partition coefficient (Wildman–Crippen LogP) is 3.65. The minimum atomic E-state index is -3.89. The monoisotopic (exact) mass is 504 g/mol. The van der Waals surface area contributed by atoms with Gasteiger partial charge in [-0.3, -0.25) is 4.79 Å². The smallest absolute Gasteiger partial charge is 0.247 e. The van der Waals surface area contributed by atoms with Crippen molar-refractivity contribution >= 4 is 15.9 Å². The lowest BCUT2D eigenvalue weighted by Gasteiger charge is -2.38. The maximum absolute atomic E-state index is 13.6.